The number of hydrogen-bond acceptors (Lipinski definition) is 3. The second-order valence-corrected chi connectivity index (χ2v) is 6.69. The molecule has 4 nitrogen and oxygen atoms in total. The van der Waals surface area contributed by atoms with Crippen molar-refractivity contribution in [3.05, 3.63) is 18.0 Å². The molecule has 1 aliphatic heterocycles. The molecule has 0 aliphatic carbocycles. The van der Waals surface area contributed by atoms with Crippen LogP contribution in [-0.2, 0) is 13.5 Å². The van der Waals surface area contributed by atoms with Crippen LogP contribution in [0.15, 0.2) is 12.4 Å². The van der Waals surface area contributed by atoms with E-state index in [2.05, 4.69) is 42.3 Å². The molecule has 114 valence electrons. The minimum absolute atomic E-state index is 0.647. The zero-order valence-electron chi connectivity index (χ0n) is 13.5. The number of nitrogens with one attached hydrogen (secondary N) is 1. The lowest BCUT2D eigenvalue weighted by molar-refractivity contribution is 0.200. The maximum atomic E-state index is 4.26. The highest BCUT2D eigenvalue weighted by molar-refractivity contribution is 5.04. The Bertz CT molecular complexity index is 399. The lowest BCUT2D eigenvalue weighted by Crippen LogP contribution is -2.41. The molecule has 1 N–H and O–H groups in total. The number of aryl methyl sites for hydroxylation is 1. The second kappa shape index (κ2) is 7.23. The summed E-state index contributed by atoms with van der Waals surface area (Å²) in [5.41, 5.74) is 1.34. The van der Waals surface area contributed by atoms with Crippen LogP contribution in [0.2, 0.25) is 0 Å². The van der Waals surface area contributed by atoms with Crippen molar-refractivity contribution < 1.29 is 0 Å². The summed E-state index contributed by atoms with van der Waals surface area (Å²) in [4.78, 5) is 2.65. The zero-order chi connectivity index (χ0) is 14.5. The third kappa shape index (κ3) is 4.60. The molecule has 4 heteroatoms. The molecule has 0 saturated carbocycles. The minimum atomic E-state index is 0.647. The van der Waals surface area contributed by atoms with Gasteiger partial charge in [0.15, 0.2) is 0 Å². The Hall–Kier alpha value is -0.870. The van der Waals surface area contributed by atoms with E-state index in [-0.39, 0.29) is 0 Å². The number of nitrogens with zero attached hydrogens (tertiary/aromatic N) is 3. The summed E-state index contributed by atoms with van der Waals surface area (Å²) < 4.78 is 1.89. The number of rotatable bonds is 5. The molecular weight excluding hydrogens is 248 g/mol. The highest BCUT2D eigenvalue weighted by Crippen LogP contribution is 2.14. The van der Waals surface area contributed by atoms with Gasteiger partial charge in [-0.25, -0.2) is 0 Å². The average Bonchev–Trinajstić information content (AvgIpc) is 2.70. The Balaban J connectivity index is 1.89. The first-order valence-corrected chi connectivity index (χ1v) is 7.99. The van der Waals surface area contributed by atoms with Crippen LogP contribution in [0.4, 0.5) is 0 Å². The van der Waals surface area contributed by atoms with Gasteiger partial charge in [-0.05, 0) is 44.2 Å². The highest BCUT2D eigenvalue weighted by atomic mass is 15.2. The van der Waals surface area contributed by atoms with E-state index in [1.165, 1.54) is 24.9 Å². The average molecular weight is 278 g/mol. The predicted octanol–water partition coefficient (Wildman–Crippen LogP) is 2.06. The smallest absolute Gasteiger partial charge is 0.0522 e. The van der Waals surface area contributed by atoms with Gasteiger partial charge in [0, 0.05) is 38.4 Å². The Morgan fingerprint density at radius 3 is 2.90 bits per heavy atom. The molecule has 1 aromatic heterocycles. The molecule has 0 amide bonds. The lowest BCUT2D eigenvalue weighted by atomic mass is 10.0. The van der Waals surface area contributed by atoms with Gasteiger partial charge in [-0.15, -0.1) is 0 Å². The molecule has 2 atom stereocenters. The quantitative estimate of drug-likeness (QED) is 0.895. The predicted molar refractivity (Wildman–Crippen MR) is 83.8 cm³/mol. The largest absolute Gasteiger partial charge is 0.313 e. The van der Waals surface area contributed by atoms with Crippen LogP contribution in [0.3, 0.4) is 0 Å². The number of hydrogen-bond donors (Lipinski definition) is 1. The summed E-state index contributed by atoms with van der Waals surface area (Å²) in [6.07, 6.45) is 7.75. The van der Waals surface area contributed by atoms with Gasteiger partial charge in [-0.1, -0.05) is 13.8 Å². The maximum absolute atomic E-state index is 4.26. The Morgan fingerprint density at radius 2 is 2.25 bits per heavy atom. The van der Waals surface area contributed by atoms with Crippen LogP contribution in [-0.4, -0.2) is 46.4 Å². The van der Waals surface area contributed by atoms with E-state index in [1.807, 2.05) is 17.9 Å². The van der Waals surface area contributed by atoms with Gasteiger partial charge < -0.3 is 5.32 Å². The van der Waals surface area contributed by atoms with Gasteiger partial charge in [0.25, 0.3) is 0 Å². The number of aromatic nitrogens is 2. The van der Waals surface area contributed by atoms with Gasteiger partial charge >= 0.3 is 0 Å². The van der Waals surface area contributed by atoms with Gasteiger partial charge in [0.2, 0.25) is 0 Å². The van der Waals surface area contributed by atoms with Crippen molar-refractivity contribution in [1.82, 2.24) is 20.0 Å². The molecule has 0 radical (unpaired) electrons. The molecular formula is C16H30N4. The minimum Gasteiger partial charge on any atom is -0.313 e. The molecule has 1 aromatic rings. The van der Waals surface area contributed by atoms with Crippen LogP contribution in [0.5, 0.6) is 0 Å². The van der Waals surface area contributed by atoms with Crippen molar-refractivity contribution >= 4 is 0 Å². The summed E-state index contributed by atoms with van der Waals surface area (Å²) in [5.74, 6) is 0.765. The van der Waals surface area contributed by atoms with Crippen LogP contribution in [0.1, 0.15) is 39.2 Å². The summed E-state index contributed by atoms with van der Waals surface area (Å²) >= 11 is 0. The standard InChI is InChI=1S/C16H30N4/c1-13(2)9-16-12-20(14(3)5-7-17-16)8-6-15-10-18-19(4)11-15/h10-11,13-14,16-17H,5-9,12H2,1-4H3. The lowest BCUT2D eigenvalue weighted by Gasteiger charge is -2.29. The topological polar surface area (TPSA) is 33.1 Å². The summed E-state index contributed by atoms with van der Waals surface area (Å²) in [7, 11) is 1.99. The normalized spacial score (nSPS) is 25.1. The summed E-state index contributed by atoms with van der Waals surface area (Å²) in [5, 5.41) is 7.98. The van der Waals surface area contributed by atoms with E-state index in [0.717, 1.165) is 25.4 Å². The van der Waals surface area contributed by atoms with E-state index < -0.39 is 0 Å². The highest BCUT2D eigenvalue weighted by Gasteiger charge is 2.23. The molecule has 1 fully saturated rings. The molecule has 20 heavy (non-hydrogen) atoms. The van der Waals surface area contributed by atoms with Crippen LogP contribution in [0.25, 0.3) is 0 Å². The van der Waals surface area contributed by atoms with Gasteiger partial charge in [0.05, 0.1) is 6.20 Å². The van der Waals surface area contributed by atoms with Crippen LogP contribution < -0.4 is 5.32 Å². The van der Waals surface area contributed by atoms with Gasteiger partial charge in [0.1, 0.15) is 0 Å². The first kappa shape index (κ1) is 15.5. The molecule has 0 spiro atoms. The molecule has 2 unspecified atom stereocenters. The van der Waals surface area contributed by atoms with E-state index in [4.69, 9.17) is 0 Å². The fourth-order valence-corrected chi connectivity index (χ4v) is 3.12. The summed E-state index contributed by atoms with van der Waals surface area (Å²) in [6, 6.07) is 1.32. The van der Waals surface area contributed by atoms with E-state index in [1.54, 1.807) is 0 Å². The molecule has 2 heterocycles. The van der Waals surface area contributed by atoms with E-state index in [9.17, 15) is 0 Å². The first-order chi connectivity index (χ1) is 9.54. The van der Waals surface area contributed by atoms with Crippen molar-refractivity contribution in [1.29, 1.82) is 0 Å². The Morgan fingerprint density at radius 1 is 1.45 bits per heavy atom. The summed E-state index contributed by atoms with van der Waals surface area (Å²) in [6.45, 7) is 10.5. The fourth-order valence-electron chi connectivity index (χ4n) is 3.12. The second-order valence-electron chi connectivity index (χ2n) is 6.69. The molecule has 1 aliphatic rings. The van der Waals surface area contributed by atoms with Crippen molar-refractivity contribution in [2.24, 2.45) is 13.0 Å². The van der Waals surface area contributed by atoms with Crippen LogP contribution >= 0.6 is 0 Å². The SMILES string of the molecule is CC(C)CC1CN(CCc2cnn(C)c2)C(C)CCN1. The molecule has 0 aromatic carbocycles. The third-order valence-corrected chi connectivity index (χ3v) is 4.28. The maximum Gasteiger partial charge on any atom is 0.0522 e. The van der Waals surface area contributed by atoms with Crippen molar-refractivity contribution in [3.63, 3.8) is 0 Å². The fraction of sp³-hybridized carbons (Fsp3) is 0.812. The van der Waals surface area contributed by atoms with Crippen molar-refractivity contribution in [2.45, 2.75) is 52.1 Å². The van der Waals surface area contributed by atoms with Gasteiger partial charge in [-0.2, -0.15) is 5.10 Å². The Kier molecular flexibility index (Phi) is 5.61. The molecule has 1 saturated heterocycles. The van der Waals surface area contributed by atoms with E-state index >= 15 is 0 Å². The van der Waals surface area contributed by atoms with Crippen LogP contribution in [0, 0.1) is 5.92 Å². The van der Waals surface area contributed by atoms with Crippen molar-refractivity contribution in [2.75, 3.05) is 19.6 Å². The van der Waals surface area contributed by atoms with Crippen molar-refractivity contribution in [3.8, 4) is 0 Å². The molecule has 2 rings (SSSR count). The first-order valence-electron chi connectivity index (χ1n) is 7.99. The van der Waals surface area contributed by atoms with Gasteiger partial charge in [-0.3, -0.25) is 9.58 Å². The monoisotopic (exact) mass is 278 g/mol. The molecule has 0 bridgehead atoms. The zero-order valence-corrected chi connectivity index (χ0v) is 13.5. The third-order valence-electron chi connectivity index (χ3n) is 4.28. The Labute approximate surface area is 123 Å². The van der Waals surface area contributed by atoms with E-state index in [0.29, 0.717) is 12.1 Å².